The maximum Gasteiger partial charge on any atom is 0.264 e. The molecule has 6 heteroatoms. The molecular formula is C24H26N2O3S. The van der Waals surface area contributed by atoms with Crippen LogP contribution in [0.4, 0.5) is 11.4 Å². The largest absolute Gasteiger partial charge is 0.324 e. The molecule has 0 saturated carbocycles. The van der Waals surface area contributed by atoms with Crippen molar-refractivity contribution in [1.29, 1.82) is 0 Å². The van der Waals surface area contributed by atoms with Crippen LogP contribution in [0, 0.1) is 27.7 Å². The lowest BCUT2D eigenvalue weighted by atomic mass is 10.1. The van der Waals surface area contributed by atoms with Crippen molar-refractivity contribution in [3.05, 3.63) is 89.0 Å². The van der Waals surface area contributed by atoms with Crippen LogP contribution < -0.4 is 9.62 Å². The van der Waals surface area contributed by atoms with Gasteiger partial charge in [0.2, 0.25) is 5.91 Å². The number of amides is 1. The Hall–Kier alpha value is -3.12. The summed E-state index contributed by atoms with van der Waals surface area (Å²) in [7, 11) is -3.91. The van der Waals surface area contributed by atoms with Gasteiger partial charge in [0.05, 0.1) is 10.6 Å². The van der Waals surface area contributed by atoms with Crippen molar-refractivity contribution in [2.75, 3.05) is 16.2 Å². The van der Waals surface area contributed by atoms with Crippen LogP contribution in [-0.2, 0) is 14.8 Å². The lowest BCUT2D eigenvalue weighted by Gasteiger charge is -2.25. The van der Waals surface area contributed by atoms with Crippen LogP contribution in [0.25, 0.3) is 0 Å². The number of nitrogens with zero attached hydrogens (tertiary/aromatic N) is 1. The molecule has 0 aromatic heterocycles. The molecule has 1 amide bonds. The van der Waals surface area contributed by atoms with E-state index in [1.165, 1.54) is 12.1 Å². The summed E-state index contributed by atoms with van der Waals surface area (Å²) in [5, 5.41) is 2.90. The van der Waals surface area contributed by atoms with Gasteiger partial charge in [0, 0.05) is 5.69 Å². The molecule has 0 aliphatic heterocycles. The van der Waals surface area contributed by atoms with Crippen molar-refractivity contribution in [2.24, 2.45) is 0 Å². The Balaban J connectivity index is 1.97. The normalized spacial score (nSPS) is 11.2. The highest BCUT2D eigenvalue weighted by atomic mass is 32.2. The highest BCUT2D eigenvalue weighted by Gasteiger charge is 2.27. The van der Waals surface area contributed by atoms with E-state index in [1.807, 2.05) is 45.9 Å². The standard InChI is InChI=1S/C24H26N2O3S/c1-17-9-8-10-21(15-17)26(30(28,29)22-11-6-5-7-12-22)16-23(27)25-24-19(3)13-18(2)14-20(24)4/h5-15H,16H2,1-4H3,(H,25,27). The average Bonchev–Trinajstić information content (AvgIpc) is 2.69. The Morgan fingerprint density at radius 1 is 0.833 bits per heavy atom. The van der Waals surface area contributed by atoms with E-state index in [-0.39, 0.29) is 11.4 Å². The number of benzene rings is 3. The molecule has 3 aromatic carbocycles. The van der Waals surface area contributed by atoms with Gasteiger partial charge in [-0.25, -0.2) is 8.42 Å². The second-order valence-corrected chi connectivity index (χ2v) is 9.35. The van der Waals surface area contributed by atoms with E-state index in [2.05, 4.69) is 5.32 Å². The third kappa shape index (κ3) is 4.71. The minimum absolute atomic E-state index is 0.141. The Morgan fingerprint density at radius 2 is 1.47 bits per heavy atom. The maximum absolute atomic E-state index is 13.4. The van der Waals surface area contributed by atoms with Gasteiger partial charge in [-0.05, 0) is 68.7 Å². The summed E-state index contributed by atoms with van der Waals surface area (Å²) < 4.78 is 27.9. The minimum atomic E-state index is -3.91. The highest BCUT2D eigenvalue weighted by Crippen LogP contribution is 2.26. The first-order valence-corrected chi connectivity index (χ1v) is 11.1. The Bertz CT molecular complexity index is 1150. The zero-order valence-corrected chi connectivity index (χ0v) is 18.5. The predicted octanol–water partition coefficient (Wildman–Crippen LogP) is 4.75. The summed E-state index contributed by atoms with van der Waals surface area (Å²) in [6.45, 7) is 7.41. The summed E-state index contributed by atoms with van der Waals surface area (Å²) >= 11 is 0. The smallest absolute Gasteiger partial charge is 0.264 e. The van der Waals surface area contributed by atoms with E-state index in [4.69, 9.17) is 0 Å². The molecule has 0 spiro atoms. The number of rotatable bonds is 6. The SMILES string of the molecule is Cc1cccc(N(CC(=O)Nc2c(C)cc(C)cc2C)S(=O)(=O)c2ccccc2)c1. The molecule has 3 rings (SSSR count). The van der Waals surface area contributed by atoms with Crippen LogP contribution >= 0.6 is 0 Å². The van der Waals surface area contributed by atoms with Crippen molar-refractivity contribution in [3.8, 4) is 0 Å². The van der Waals surface area contributed by atoms with Crippen molar-refractivity contribution >= 4 is 27.3 Å². The summed E-state index contributed by atoms with van der Waals surface area (Å²) in [5.74, 6) is -0.397. The quantitative estimate of drug-likeness (QED) is 0.623. The fourth-order valence-electron chi connectivity index (χ4n) is 3.50. The van der Waals surface area contributed by atoms with Gasteiger partial charge < -0.3 is 5.32 Å². The zero-order chi connectivity index (χ0) is 21.9. The molecule has 0 heterocycles. The van der Waals surface area contributed by atoms with Gasteiger partial charge in [-0.2, -0.15) is 0 Å². The van der Waals surface area contributed by atoms with Gasteiger partial charge in [0.25, 0.3) is 10.0 Å². The first-order valence-electron chi connectivity index (χ1n) is 9.70. The summed E-state index contributed by atoms with van der Waals surface area (Å²) in [6.07, 6.45) is 0. The third-order valence-corrected chi connectivity index (χ3v) is 6.64. The molecule has 5 nitrogen and oxygen atoms in total. The number of aryl methyl sites for hydroxylation is 4. The second kappa shape index (κ2) is 8.71. The lowest BCUT2D eigenvalue weighted by molar-refractivity contribution is -0.114. The number of carbonyl (C=O) groups excluding carboxylic acids is 1. The van der Waals surface area contributed by atoms with Crippen molar-refractivity contribution in [1.82, 2.24) is 0 Å². The summed E-state index contributed by atoms with van der Waals surface area (Å²) in [6, 6.07) is 19.3. The van der Waals surface area contributed by atoms with Crippen LogP contribution in [0.3, 0.4) is 0 Å². The van der Waals surface area contributed by atoms with E-state index in [1.54, 1.807) is 36.4 Å². The average molecular weight is 423 g/mol. The van der Waals surface area contributed by atoms with Gasteiger partial charge >= 0.3 is 0 Å². The molecular weight excluding hydrogens is 396 g/mol. The van der Waals surface area contributed by atoms with Gasteiger partial charge in [0.15, 0.2) is 0 Å². The van der Waals surface area contributed by atoms with E-state index in [0.717, 1.165) is 26.6 Å². The minimum Gasteiger partial charge on any atom is -0.324 e. The number of carbonyl (C=O) groups is 1. The van der Waals surface area contributed by atoms with Crippen LogP contribution in [0.15, 0.2) is 71.6 Å². The number of anilines is 2. The molecule has 0 unspecified atom stereocenters. The van der Waals surface area contributed by atoms with E-state index in [9.17, 15) is 13.2 Å². The van der Waals surface area contributed by atoms with Crippen LogP contribution in [0.1, 0.15) is 22.3 Å². The zero-order valence-electron chi connectivity index (χ0n) is 17.6. The lowest BCUT2D eigenvalue weighted by Crippen LogP contribution is -2.38. The number of sulfonamides is 1. The molecule has 3 aromatic rings. The molecule has 156 valence electrons. The summed E-state index contributed by atoms with van der Waals surface area (Å²) in [4.78, 5) is 13.1. The van der Waals surface area contributed by atoms with Crippen LogP contribution in [-0.4, -0.2) is 20.9 Å². The Morgan fingerprint density at radius 3 is 2.07 bits per heavy atom. The molecule has 0 saturated heterocycles. The fourth-order valence-corrected chi connectivity index (χ4v) is 4.94. The Kier molecular flexibility index (Phi) is 6.27. The summed E-state index contributed by atoms with van der Waals surface area (Å²) in [5.41, 5.74) is 5.06. The van der Waals surface area contributed by atoms with E-state index in [0.29, 0.717) is 11.4 Å². The predicted molar refractivity (Wildman–Crippen MR) is 121 cm³/mol. The van der Waals surface area contributed by atoms with Crippen molar-refractivity contribution in [2.45, 2.75) is 32.6 Å². The highest BCUT2D eigenvalue weighted by molar-refractivity contribution is 7.92. The monoisotopic (exact) mass is 422 g/mol. The molecule has 0 atom stereocenters. The van der Waals surface area contributed by atoms with Gasteiger partial charge in [-0.15, -0.1) is 0 Å². The molecule has 0 aliphatic carbocycles. The number of nitrogens with one attached hydrogen (secondary N) is 1. The molecule has 30 heavy (non-hydrogen) atoms. The van der Waals surface area contributed by atoms with E-state index < -0.39 is 15.9 Å². The van der Waals surface area contributed by atoms with E-state index >= 15 is 0 Å². The Labute approximate surface area is 178 Å². The third-order valence-electron chi connectivity index (χ3n) is 4.85. The number of hydrogen-bond acceptors (Lipinski definition) is 3. The van der Waals surface area contributed by atoms with Gasteiger partial charge in [0.1, 0.15) is 6.54 Å². The molecule has 0 bridgehead atoms. The molecule has 0 aliphatic rings. The fraction of sp³-hybridized carbons (Fsp3) is 0.208. The molecule has 0 radical (unpaired) electrons. The molecule has 0 fully saturated rings. The molecule has 1 N–H and O–H groups in total. The second-order valence-electron chi connectivity index (χ2n) is 7.49. The van der Waals surface area contributed by atoms with Crippen molar-refractivity contribution in [3.63, 3.8) is 0 Å². The first-order chi connectivity index (χ1) is 14.2. The topological polar surface area (TPSA) is 66.5 Å². The van der Waals surface area contributed by atoms with Crippen molar-refractivity contribution < 1.29 is 13.2 Å². The van der Waals surface area contributed by atoms with Gasteiger partial charge in [-0.3, -0.25) is 9.10 Å². The number of hydrogen-bond donors (Lipinski definition) is 1. The first kappa shape index (κ1) is 21.6. The maximum atomic E-state index is 13.4. The van der Waals surface area contributed by atoms with Crippen LogP contribution in [0.5, 0.6) is 0 Å². The van der Waals surface area contributed by atoms with Gasteiger partial charge in [-0.1, -0.05) is 48.0 Å². The van der Waals surface area contributed by atoms with Crippen LogP contribution in [0.2, 0.25) is 0 Å².